The van der Waals surface area contributed by atoms with Crippen LogP contribution in [0.15, 0.2) is 57.9 Å². The van der Waals surface area contributed by atoms with Crippen LogP contribution in [0.3, 0.4) is 0 Å². The topological polar surface area (TPSA) is 104 Å². The van der Waals surface area contributed by atoms with Gasteiger partial charge in [0.15, 0.2) is 0 Å². The zero-order valence-electron chi connectivity index (χ0n) is 11.2. The van der Waals surface area contributed by atoms with Crippen LogP contribution in [0.5, 0.6) is 0 Å². The Bertz CT molecular complexity index is 870. The molecule has 0 saturated carbocycles. The van der Waals surface area contributed by atoms with Crippen LogP contribution < -0.4 is 5.56 Å². The minimum Gasteiger partial charge on any atom is -0.419 e. The Kier molecular flexibility index (Phi) is 3.48. The fraction of sp³-hybridized carbons (Fsp3) is 0.0714. The summed E-state index contributed by atoms with van der Waals surface area (Å²) in [5.41, 5.74) is 0.195. The summed E-state index contributed by atoms with van der Waals surface area (Å²) in [6, 6.07) is 11.5. The van der Waals surface area contributed by atoms with E-state index in [2.05, 4.69) is 10.2 Å². The molecule has 0 atom stereocenters. The highest BCUT2D eigenvalue weighted by molar-refractivity contribution is 5.51. The van der Waals surface area contributed by atoms with Crippen LogP contribution in [-0.4, -0.2) is 19.7 Å². The van der Waals surface area contributed by atoms with E-state index in [0.717, 1.165) is 28.5 Å². The largest absolute Gasteiger partial charge is 0.419 e. The monoisotopic (exact) mass is 298 g/mol. The van der Waals surface area contributed by atoms with Crippen molar-refractivity contribution in [3.05, 3.63) is 75.0 Å². The molecule has 3 aromatic rings. The minimum absolute atomic E-state index is 0.0274. The maximum Gasteiger partial charge on any atom is 0.285 e. The lowest BCUT2D eigenvalue weighted by atomic mass is 10.2. The van der Waals surface area contributed by atoms with Crippen molar-refractivity contribution in [3.8, 4) is 11.5 Å². The summed E-state index contributed by atoms with van der Waals surface area (Å²) in [7, 11) is 0. The van der Waals surface area contributed by atoms with Crippen molar-refractivity contribution in [2.75, 3.05) is 0 Å². The molecular formula is C14H10N4O4. The molecule has 0 aliphatic rings. The molecule has 8 nitrogen and oxygen atoms in total. The van der Waals surface area contributed by atoms with Gasteiger partial charge < -0.3 is 4.42 Å². The summed E-state index contributed by atoms with van der Waals surface area (Å²) in [6.07, 6.45) is 1.15. The third-order valence-electron chi connectivity index (χ3n) is 2.97. The first-order valence-electron chi connectivity index (χ1n) is 6.36. The summed E-state index contributed by atoms with van der Waals surface area (Å²) in [5.74, 6) is 0.524. The van der Waals surface area contributed by atoms with Crippen LogP contribution in [0, 0.1) is 10.1 Å². The quantitative estimate of drug-likeness (QED) is 0.537. The summed E-state index contributed by atoms with van der Waals surface area (Å²) < 4.78 is 6.63. The Morgan fingerprint density at radius 1 is 1.14 bits per heavy atom. The number of pyridine rings is 1. The molecule has 3 rings (SSSR count). The van der Waals surface area contributed by atoms with Gasteiger partial charge in [-0.1, -0.05) is 18.2 Å². The van der Waals surface area contributed by atoms with Crippen molar-refractivity contribution >= 4 is 5.69 Å². The Morgan fingerprint density at radius 3 is 2.64 bits per heavy atom. The first kappa shape index (κ1) is 13.7. The molecular weight excluding hydrogens is 288 g/mol. The van der Waals surface area contributed by atoms with E-state index in [9.17, 15) is 14.9 Å². The summed E-state index contributed by atoms with van der Waals surface area (Å²) in [6.45, 7) is -0.0274. The number of benzene rings is 1. The second-order valence-corrected chi connectivity index (χ2v) is 4.48. The summed E-state index contributed by atoms with van der Waals surface area (Å²) >= 11 is 0. The van der Waals surface area contributed by atoms with Crippen LogP contribution in [-0.2, 0) is 6.54 Å². The van der Waals surface area contributed by atoms with E-state index in [4.69, 9.17) is 4.42 Å². The average molecular weight is 298 g/mol. The number of nitrogens with zero attached hydrogens (tertiary/aromatic N) is 4. The zero-order valence-corrected chi connectivity index (χ0v) is 11.2. The molecule has 0 bridgehead atoms. The first-order valence-corrected chi connectivity index (χ1v) is 6.36. The highest BCUT2D eigenvalue weighted by Gasteiger charge is 2.12. The predicted molar refractivity (Wildman–Crippen MR) is 76.2 cm³/mol. The molecule has 0 saturated heterocycles. The molecule has 0 aliphatic carbocycles. The average Bonchev–Trinajstić information content (AvgIpc) is 2.99. The van der Waals surface area contributed by atoms with Crippen LogP contribution in [0.4, 0.5) is 5.69 Å². The van der Waals surface area contributed by atoms with Gasteiger partial charge in [-0.3, -0.25) is 19.5 Å². The number of hydrogen-bond acceptors (Lipinski definition) is 6. The predicted octanol–water partition coefficient (Wildman–Crippen LogP) is 1.85. The molecule has 0 aliphatic heterocycles. The molecule has 110 valence electrons. The van der Waals surface area contributed by atoms with E-state index < -0.39 is 4.92 Å². The molecule has 0 N–H and O–H groups in total. The lowest BCUT2D eigenvalue weighted by Gasteiger charge is -2.01. The number of rotatable bonds is 4. The van der Waals surface area contributed by atoms with Gasteiger partial charge in [0.05, 0.1) is 11.1 Å². The molecule has 0 spiro atoms. The molecule has 8 heteroatoms. The molecule has 1 aromatic carbocycles. The van der Waals surface area contributed by atoms with Gasteiger partial charge in [0.1, 0.15) is 6.54 Å². The molecule has 0 unspecified atom stereocenters. The standard InChI is InChI=1S/C14H10N4O4/c19-13-7-6-11(18(20)21)8-17(13)9-12-15-16-14(22-12)10-4-2-1-3-5-10/h1-8H,9H2. The van der Waals surface area contributed by atoms with Gasteiger partial charge in [-0.05, 0) is 12.1 Å². The molecule has 0 fully saturated rings. The molecule has 22 heavy (non-hydrogen) atoms. The van der Waals surface area contributed by atoms with Crippen LogP contribution in [0.2, 0.25) is 0 Å². The van der Waals surface area contributed by atoms with Crippen LogP contribution >= 0.6 is 0 Å². The van der Waals surface area contributed by atoms with E-state index in [1.54, 1.807) is 0 Å². The van der Waals surface area contributed by atoms with E-state index in [1.807, 2.05) is 30.3 Å². The van der Waals surface area contributed by atoms with Gasteiger partial charge in [0, 0.05) is 17.7 Å². The number of aromatic nitrogens is 3. The normalized spacial score (nSPS) is 10.5. The van der Waals surface area contributed by atoms with Gasteiger partial charge in [-0.15, -0.1) is 10.2 Å². The van der Waals surface area contributed by atoms with E-state index >= 15 is 0 Å². The lowest BCUT2D eigenvalue weighted by Crippen LogP contribution is -2.19. The van der Waals surface area contributed by atoms with E-state index in [-0.39, 0.29) is 23.7 Å². The highest BCUT2D eigenvalue weighted by atomic mass is 16.6. The summed E-state index contributed by atoms with van der Waals surface area (Å²) in [4.78, 5) is 21.9. The lowest BCUT2D eigenvalue weighted by molar-refractivity contribution is -0.385. The van der Waals surface area contributed by atoms with Gasteiger partial charge in [-0.2, -0.15) is 0 Å². The van der Waals surface area contributed by atoms with Gasteiger partial charge in [0.25, 0.3) is 11.2 Å². The van der Waals surface area contributed by atoms with E-state index in [1.165, 1.54) is 0 Å². The maximum absolute atomic E-state index is 11.7. The van der Waals surface area contributed by atoms with Gasteiger partial charge in [0.2, 0.25) is 11.8 Å². The van der Waals surface area contributed by atoms with Crippen molar-refractivity contribution < 1.29 is 9.34 Å². The SMILES string of the molecule is O=c1ccc([N+](=O)[O-])cn1Cc1nnc(-c2ccccc2)o1. The fourth-order valence-corrected chi connectivity index (χ4v) is 1.91. The third-order valence-corrected chi connectivity index (χ3v) is 2.97. The Labute approximate surface area is 123 Å². The Morgan fingerprint density at radius 2 is 1.91 bits per heavy atom. The Hall–Kier alpha value is -3.29. The maximum atomic E-state index is 11.7. The van der Waals surface area contributed by atoms with E-state index in [0.29, 0.717) is 5.89 Å². The molecule has 2 heterocycles. The minimum atomic E-state index is -0.570. The second-order valence-electron chi connectivity index (χ2n) is 4.48. The smallest absolute Gasteiger partial charge is 0.285 e. The van der Waals surface area contributed by atoms with Crippen molar-refractivity contribution in [1.82, 2.24) is 14.8 Å². The van der Waals surface area contributed by atoms with Crippen LogP contribution in [0.1, 0.15) is 5.89 Å². The van der Waals surface area contributed by atoms with Crippen molar-refractivity contribution in [2.45, 2.75) is 6.54 Å². The second kappa shape index (κ2) is 5.60. The fourth-order valence-electron chi connectivity index (χ4n) is 1.91. The highest BCUT2D eigenvalue weighted by Crippen LogP contribution is 2.17. The zero-order chi connectivity index (χ0) is 15.5. The van der Waals surface area contributed by atoms with Gasteiger partial charge >= 0.3 is 0 Å². The van der Waals surface area contributed by atoms with Gasteiger partial charge in [-0.25, -0.2) is 0 Å². The molecule has 2 aromatic heterocycles. The van der Waals surface area contributed by atoms with Crippen molar-refractivity contribution in [1.29, 1.82) is 0 Å². The summed E-state index contributed by atoms with van der Waals surface area (Å²) in [5, 5.41) is 18.5. The number of nitro groups is 1. The molecule has 0 radical (unpaired) electrons. The number of hydrogen-bond donors (Lipinski definition) is 0. The van der Waals surface area contributed by atoms with Crippen molar-refractivity contribution in [2.24, 2.45) is 0 Å². The van der Waals surface area contributed by atoms with Crippen LogP contribution in [0.25, 0.3) is 11.5 Å². The first-order chi connectivity index (χ1) is 10.6. The van der Waals surface area contributed by atoms with Crippen molar-refractivity contribution in [3.63, 3.8) is 0 Å². The molecule has 0 amide bonds. The Balaban J connectivity index is 1.88. The third kappa shape index (κ3) is 2.75.